The Kier molecular flexibility index (Phi) is 6.69. The van der Waals surface area contributed by atoms with Crippen molar-refractivity contribution in [2.75, 3.05) is 35.5 Å². The third kappa shape index (κ3) is 4.14. The van der Waals surface area contributed by atoms with Gasteiger partial charge in [-0.1, -0.05) is 12.1 Å². The van der Waals surface area contributed by atoms with Crippen LogP contribution >= 0.6 is 0 Å². The summed E-state index contributed by atoms with van der Waals surface area (Å²) in [6.07, 6.45) is 2.14. The van der Waals surface area contributed by atoms with E-state index in [1.807, 2.05) is 0 Å². The predicted octanol–water partition coefficient (Wildman–Crippen LogP) is 3.29. The molecule has 0 spiro atoms. The fraction of sp³-hybridized carbons (Fsp3) is 0.304. The van der Waals surface area contributed by atoms with E-state index in [0.29, 0.717) is 39.7 Å². The standard InChI is InChI=1S/C23H24O8/c1-26-15-9-7-14(12-17(15)28-3)21-20(23(25)30-5)19-13(8-11-18(24)29-4)6-10-16(27-2)22(19)31-21/h6-12,20-21H,1-5H3. The van der Waals surface area contributed by atoms with Crippen LogP contribution in [0.3, 0.4) is 0 Å². The molecule has 8 nitrogen and oxygen atoms in total. The van der Waals surface area contributed by atoms with E-state index in [-0.39, 0.29) is 0 Å². The summed E-state index contributed by atoms with van der Waals surface area (Å²) in [5.74, 6) is 0.114. The summed E-state index contributed by atoms with van der Waals surface area (Å²) < 4.78 is 32.1. The van der Waals surface area contributed by atoms with E-state index in [1.165, 1.54) is 34.5 Å². The fourth-order valence-electron chi connectivity index (χ4n) is 3.57. The average Bonchev–Trinajstić information content (AvgIpc) is 3.22. The number of esters is 2. The quantitative estimate of drug-likeness (QED) is 0.490. The van der Waals surface area contributed by atoms with Crippen molar-refractivity contribution >= 4 is 18.0 Å². The van der Waals surface area contributed by atoms with Crippen molar-refractivity contribution in [1.82, 2.24) is 0 Å². The first-order valence-electron chi connectivity index (χ1n) is 9.42. The molecular formula is C23H24O8. The molecule has 0 aliphatic carbocycles. The largest absolute Gasteiger partial charge is 0.493 e. The Balaban J connectivity index is 2.16. The Labute approximate surface area is 180 Å². The van der Waals surface area contributed by atoms with Gasteiger partial charge in [-0.2, -0.15) is 0 Å². The van der Waals surface area contributed by atoms with Gasteiger partial charge in [0.1, 0.15) is 12.0 Å². The maximum absolute atomic E-state index is 12.9. The molecular weight excluding hydrogens is 404 g/mol. The summed E-state index contributed by atoms with van der Waals surface area (Å²) in [6.45, 7) is 0. The van der Waals surface area contributed by atoms with Crippen LogP contribution in [0.4, 0.5) is 0 Å². The SMILES string of the molecule is COC(=O)C=Cc1ccc(OC)c2c1C(C(=O)OC)C(c1ccc(OC)c(OC)c1)O2. The molecule has 0 radical (unpaired) electrons. The zero-order chi connectivity index (χ0) is 22.5. The Morgan fingerprint density at radius 1 is 0.871 bits per heavy atom. The smallest absolute Gasteiger partial charge is 0.330 e. The molecule has 1 aliphatic heterocycles. The van der Waals surface area contributed by atoms with Gasteiger partial charge >= 0.3 is 11.9 Å². The van der Waals surface area contributed by atoms with Gasteiger partial charge in [0.15, 0.2) is 23.0 Å². The first-order valence-corrected chi connectivity index (χ1v) is 9.42. The van der Waals surface area contributed by atoms with Crippen molar-refractivity contribution in [2.45, 2.75) is 12.0 Å². The molecule has 0 amide bonds. The molecule has 0 saturated carbocycles. The molecule has 164 valence electrons. The van der Waals surface area contributed by atoms with Crippen LogP contribution in [-0.4, -0.2) is 47.5 Å². The minimum absolute atomic E-state index is 0.407. The zero-order valence-electron chi connectivity index (χ0n) is 18.0. The maximum Gasteiger partial charge on any atom is 0.330 e. The number of hydrogen-bond donors (Lipinski definition) is 0. The summed E-state index contributed by atoms with van der Waals surface area (Å²) in [5, 5.41) is 0. The Morgan fingerprint density at radius 2 is 1.55 bits per heavy atom. The highest BCUT2D eigenvalue weighted by Gasteiger charge is 2.44. The van der Waals surface area contributed by atoms with Gasteiger partial charge < -0.3 is 28.4 Å². The molecule has 2 aromatic carbocycles. The molecule has 0 fully saturated rings. The topological polar surface area (TPSA) is 89.5 Å². The molecule has 31 heavy (non-hydrogen) atoms. The summed E-state index contributed by atoms with van der Waals surface area (Å²) in [7, 11) is 7.19. The van der Waals surface area contributed by atoms with Gasteiger partial charge in [0.2, 0.25) is 0 Å². The first-order chi connectivity index (χ1) is 15.0. The van der Waals surface area contributed by atoms with Crippen LogP contribution < -0.4 is 18.9 Å². The van der Waals surface area contributed by atoms with Crippen LogP contribution in [0.5, 0.6) is 23.0 Å². The van der Waals surface area contributed by atoms with Crippen molar-refractivity contribution in [3.05, 3.63) is 53.1 Å². The normalized spacial score (nSPS) is 16.9. The molecule has 1 heterocycles. The van der Waals surface area contributed by atoms with Crippen LogP contribution in [0.1, 0.15) is 28.7 Å². The van der Waals surface area contributed by atoms with Gasteiger partial charge in [0, 0.05) is 11.6 Å². The monoisotopic (exact) mass is 428 g/mol. The third-order valence-corrected chi connectivity index (χ3v) is 5.06. The van der Waals surface area contributed by atoms with Crippen molar-refractivity contribution in [1.29, 1.82) is 0 Å². The number of hydrogen-bond acceptors (Lipinski definition) is 8. The van der Waals surface area contributed by atoms with Gasteiger partial charge in [-0.25, -0.2) is 4.79 Å². The van der Waals surface area contributed by atoms with Crippen molar-refractivity contribution in [2.24, 2.45) is 0 Å². The van der Waals surface area contributed by atoms with Gasteiger partial charge in [0.05, 0.1) is 35.5 Å². The molecule has 0 N–H and O–H groups in total. The van der Waals surface area contributed by atoms with Crippen molar-refractivity contribution in [3.63, 3.8) is 0 Å². The molecule has 1 aliphatic rings. The maximum atomic E-state index is 12.9. The molecule has 2 aromatic rings. The lowest BCUT2D eigenvalue weighted by molar-refractivity contribution is -0.144. The van der Waals surface area contributed by atoms with E-state index >= 15 is 0 Å². The number of methoxy groups -OCH3 is 5. The fourth-order valence-corrected chi connectivity index (χ4v) is 3.57. The Morgan fingerprint density at radius 3 is 2.16 bits per heavy atom. The molecule has 2 atom stereocenters. The van der Waals surface area contributed by atoms with Crippen LogP contribution in [0.2, 0.25) is 0 Å². The molecule has 8 heteroatoms. The summed E-state index contributed by atoms with van der Waals surface area (Å²) in [5.41, 5.74) is 1.86. The van der Waals surface area contributed by atoms with Gasteiger partial charge in [-0.05, 0) is 35.4 Å². The highest BCUT2D eigenvalue weighted by atomic mass is 16.5. The van der Waals surface area contributed by atoms with Crippen molar-refractivity contribution in [3.8, 4) is 23.0 Å². The highest BCUT2D eigenvalue weighted by molar-refractivity contribution is 5.90. The number of fused-ring (bicyclic) bond motifs is 1. The molecule has 0 aromatic heterocycles. The van der Waals surface area contributed by atoms with E-state index in [9.17, 15) is 9.59 Å². The number of ether oxygens (including phenoxy) is 6. The molecule has 0 saturated heterocycles. The third-order valence-electron chi connectivity index (χ3n) is 5.06. The molecule has 0 bridgehead atoms. The number of benzene rings is 2. The van der Waals surface area contributed by atoms with E-state index in [0.717, 1.165) is 0 Å². The Hall–Kier alpha value is -3.68. The Bertz CT molecular complexity index is 1010. The van der Waals surface area contributed by atoms with E-state index < -0.39 is 24.0 Å². The van der Waals surface area contributed by atoms with Gasteiger partial charge in [0.25, 0.3) is 0 Å². The van der Waals surface area contributed by atoms with Crippen LogP contribution in [0, 0.1) is 0 Å². The lowest BCUT2D eigenvalue weighted by Gasteiger charge is -2.19. The van der Waals surface area contributed by atoms with Gasteiger partial charge in [-0.15, -0.1) is 0 Å². The predicted molar refractivity (Wildman–Crippen MR) is 112 cm³/mol. The second-order valence-corrected chi connectivity index (χ2v) is 6.61. The molecule has 3 rings (SSSR count). The van der Waals surface area contributed by atoms with Crippen LogP contribution in [0.15, 0.2) is 36.4 Å². The lowest BCUT2D eigenvalue weighted by atomic mass is 9.87. The van der Waals surface area contributed by atoms with E-state index in [4.69, 9.17) is 23.7 Å². The van der Waals surface area contributed by atoms with E-state index in [1.54, 1.807) is 43.5 Å². The second kappa shape index (κ2) is 9.42. The van der Waals surface area contributed by atoms with Crippen LogP contribution in [0.25, 0.3) is 6.08 Å². The number of rotatable bonds is 7. The minimum atomic E-state index is -0.800. The number of carbonyl (C=O) groups excluding carboxylic acids is 2. The summed E-state index contributed by atoms with van der Waals surface area (Å²) >= 11 is 0. The average molecular weight is 428 g/mol. The number of carbonyl (C=O) groups is 2. The van der Waals surface area contributed by atoms with E-state index in [2.05, 4.69) is 4.74 Å². The highest BCUT2D eigenvalue weighted by Crippen LogP contribution is 2.53. The minimum Gasteiger partial charge on any atom is -0.493 e. The first kappa shape index (κ1) is 22.0. The molecule has 2 unspecified atom stereocenters. The van der Waals surface area contributed by atoms with Gasteiger partial charge in [-0.3, -0.25) is 4.79 Å². The van der Waals surface area contributed by atoms with Crippen molar-refractivity contribution < 1.29 is 38.0 Å². The summed E-state index contributed by atoms with van der Waals surface area (Å²) in [6, 6.07) is 8.74. The lowest BCUT2D eigenvalue weighted by Crippen LogP contribution is -2.20. The zero-order valence-corrected chi connectivity index (χ0v) is 18.0. The second-order valence-electron chi connectivity index (χ2n) is 6.61. The van der Waals surface area contributed by atoms with Crippen LogP contribution in [-0.2, 0) is 19.1 Å². The summed E-state index contributed by atoms with van der Waals surface area (Å²) in [4.78, 5) is 24.5.